The average Bonchev–Trinajstić information content (AvgIpc) is 3.25. The molecule has 0 fully saturated rings. The van der Waals surface area contributed by atoms with Gasteiger partial charge in [0, 0.05) is 11.9 Å². The highest BCUT2D eigenvalue weighted by atomic mass is 16.4. The third-order valence-electron chi connectivity index (χ3n) is 5.28. The Morgan fingerprint density at radius 1 is 0.750 bits per heavy atom. The number of anilines is 2. The van der Waals surface area contributed by atoms with Gasteiger partial charge >= 0.3 is 17.9 Å². The maximum Gasteiger partial charge on any atom is 0.341 e. The van der Waals surface area contributed by atoms with E-state index in [0.717, 1.165) is 28.6 Å². The molecule has 4 aromatic rings. The number of carbonyl (C=O) groups is 3. The lowest BCUT2D eigenvalue weighted by Crippen LogP contribution is -2.02. The third kappa shape index (κ3) is 6.15. The van der Waals surface area contributed by atoms with E-state index in [1.54, 1.807) is 11.6 Å². The zero-order valence-corrected chi connectivity index (χ0v) is 19.9. The maximum atomic E-state index is 11.5. The van der Waals surface area contributed by atoms with Crippen LogP contribution < -0.4 is 5.32 Å². The lowest BCUT2D eigenvalue weighted by molar-refractivity contribution is 0.0682. The van der Waals surface area contributed by atoms with Crippen molar-refractivity contribution in [3.05, 3.63) is 106 Å². The van der Waals surface area contributed by atoms with Crippen LogP contribution in [0.25, 0.3) is 5.69 Å². The molecule has 3 aromatic carbocycles. The highest BCUT2D eigenvalue weighted by Crippen LogP contribution is 2.24. The molecule has 1 heterocycles. The van der Waals surface area contributed by atoms with Crippen molar-refractivity contribution in [3.63, 3.8) is 0 Å². The Labute approximate surface area is 207 Å². The number of rotatable bonds is 6. The number of nitrogens with one attached hydrogen (secondary N) is 1. The molecule has 0 radical (unpaired) electrons. The summed E-state index contributed by atoms with van der Waals surface area (Å²) in [6, 6.07) is 19.4. The smallest absolute Gasteiger partial charge is 0.341 e. The molecule has 184 valence electrons. The minimum Gasteiger partial charge on any atom is -0.478 e. The summed E-state index contributed by atoms with van der Waals surface area (Å²) in [5, 5.41) is 34.2. The van der Waals surface area contributed by atoms with E-state index >= 15 is 0 Å². The van der Waals surface area contributed by atoms with Crippen molar-refractivity contribution < 1.29 is 29.7 Å². The number of hydrogen-bond donors (Lipinski definition) is 4. The standard InChI is InChI=1S/C18H17N3O2.C9H8O4/c1-12-7-3-5-9-15(12)19-17-14(18(22)23)11-21(20-17)16-10-6-4-8-13(16)2;1-5-2-6(8(10)11)4-7(3-5)9(12)13/h3-11H,1-2H3,(H,19,20)(H,22,23);2-4H,1H3,(H,10,11)(H,12,13). The molecule has 0 aliphatic heterocycles. The maximum absolute atomic E-state index is 11.5. The number of carboxylic acid groups (broad SMARTS) is 3. The Hall–Kier alpha value is -4.92. The third-order valence-corrected chi connectivity index (χ3v) is 5.28. The summed E-state index contributed by atoms with van der Waals surface area (Å²) in [5.74, 6) is -2.92. The number of aromatic nitrogens is 2. The summed E-state index contributed by atoms with van der Waals surface area (Å²) in [6.45, 7) is 5.58. The zero-order valence-electron chi connectivity index (χ0n) is 19.9. The van der Waals surface area contributed by atoms with Crippen molar-refractivity contribution in [2.45, 2.75) is 20.8 Å². The number of nitrogens with zero attached hydrogens (tertiary/aromatic N) is 2. The normalized spacial score (nSPS) is 10.2. The van der Waals surface area contributed by atoms with Gasteiger partial charge in [-0.2, -0.15) is 0 Å². The number of aromatic carboxylic acids is 3. The van der Waals surface area contributed by atoms with E-state index < -0.39 is 17.9 Å². The van der Waals surface area contributed by atoms with Gasteiger partial charge in [-0.15, -0.1) is 5.10 Å². The van der Waals surface area contributed by atoms with Crippen molar-refractivity contribution in [1.82, 2.24) is 9.78 Å². The predicted molar refractivity (Wildman–Crippen MR) is 135 cm³/mol. The van der Waals surface area contributed by atoms with Crippen LogP contribution >= 0.6 is 0 Å². The molecular weight excluding hydrogens is 462 g/mol. The Morgan fingerprint density at radius 2 is 1.31 bits per heavy atom. The van der Waals surface area contributed by atoms with Gasteiger partial charge < -0.3 is 20.6 Å². The first kappa shape index (κ1) is 25.7. The van der Waals surface area contributed by atoms with Crippen LogP contribution in [-0.2, 0) is 0 Å². The molecule has 0 saturated heterocycles. The molecule has 0 aliphatic carbocycles. The Balaban J connectivity index is 0.000000236. The quantitative estimate of drug-likeness (QED) is 0.286. The van der Waals surface area contributed by atoms with Crippen LogP contribution in [0.2, 0.25) is 0 Å². The second-order valence-electron chi connectivity index (χ2n) is 8.07. The fraction of sp³-hybridized carbons (Fsp3) is 0.111. The van der Waals surface area contributed by atoms with Gasteiger partial charge in [0.2, 0.25) is 0 Å². The zero-order chi connectivity index (χ0) is 26.4. The molecule has 1 aromatic heterocycles. The molecule has 9 nitrogen and oxygen atoms in total. The summed E-state index contributed by atoms with van der Waals surface area (Å²) in [4.78, 5) is 32.6. The van der Waals surface area contributed by atoms with E-state index in [0.29, 0.717) is 11.4 Å². The van der Waals surface area contributed by atoms with E-state index in [1.165, 1.54) is 18.3 Å². The topological polar surface area (TPSA) is 142 Å². The first-order chi connectivity index (χ1) is 17.1. The van der Waals surface area contributed by atoms with Gasteiger partial charge in [0.25, 0.3) is 0 Å². The summed E-state index contributed by atoms with van der Waals surface area (Å²) >= 11 is 0. The van der Waals surface area contributed by atoms with Gasteiger partial charge in [-0.1, -0.05) is 36.4 Å². The number of hydrogen-bond acceptors (Lipinski definition) is 5. The minimum atomic E-state index is -1.12. The Morgan fingerprint density at radius 3 is 1.83 bits per heavy atom. The molecule has 4 N–H and O–H groups in total. The number of carboxylic acids is 3. The van der Waals surface area contributed by atoms with Crippen molar-refractivity contribution in [3.8, 4) is 5.69 Å². The summed E-state index contributed by atoms with van der Waals surface area (Å²) < 4.78 is 1.60. The number of benzene rings is 3. The van der Waals surface area contributed by atoms with Crippen LogP contribution in [0.15, 0.2) is 72.9 Å². The Bertz CT molecular complexity index is 1410. The molecule has 0 amide bonds. The molecule has 9 heteroatoms. The van der Waals surface area contributed by atoms with Gasteiger partial charge in [-0.05, 0) is 67.8 Å². The van der Waals surface area contributed by atoms with Gasteiger partial charge in [-0.3, -0.25) is 0 Å². The SMILES string of the molecule is Cc1cc(C(=O)O)cc(C(=O)O)c1.Cc1ccccc1Nc1nn(-c2ccccc2C)cc1C(=O)O. The van der Waals surface area contributed by atoms with Crippen LogP contribution in [0.5, 0.6) is 0 Å². The van der Waals surface area contributed by atoms with Crippen LogP contribution in [0.4, 0.5) is 11.5 Å². The van der Waals surface area contributed by atoms with Crippen LogP contribution in [-0.4, -0.2) is 43.0 Å². The lowest BCUT2D eigenvalue weighted by atomic mass is 10.1. The van der Waals surface area contributed by atoms with Gasteiger partial charge in [-0.25, -0.2) is 19.1 Å². The number of aryl methyl sites for hydroxylation is 3. The van der Waals surface area contributed by atoms with Crippen molar-refractivity contribution >= 4 is 29.4 Å². The highest BCUT2D eigenvalue weighted by Gasteiger charge is 2.17. The summed E-state index contributed by atoms with van der Waals surface area (Å²) in [5.41, 5.74) is 4.49. The van der Waals surface area contributed by atoms with Crippen molar-refractivity contribution in [1.29, 1.82) is 0 Å². The molecule has 0 spiro atoms. The Kier molecular flexibility index (Phi) is 7.85. The summed E-state index contributed by atoms with van der Waals surface area (Å²) in [6.07, 6.45) is 1.53. The van der Waals surface area contributed by atoms with Gasteiger partial charge in [0.1, 0.15) is 5.56 Å². The van der Waals surface area contributed by atoms with Crippen molar-refractivity contribution in [2.75, 3.05) is 5.32 Å². The molecular formula is C27H25N3O6. The van der Waals surface area contributed by atoms with E-state index in [4.69, 9.17) is 10.2 Å². The van der Waals surface area contributed by atoms with E-state index in [2.05, 4.69) is 10.4 Å². The molecule has 0 unspecified atom stereocenters. The first-order valence-corrected chi connectivity index (χ1v) is 10.9. The van der Waals surface area contributed by atoms with E-state index in [-0.39, 0.29) is 16.7 Å². The van der Waals surface area contributed by atoms with Crippen molar-refractivity contribution in [2.24, 2.45) is 0 Å². The largest absolute Gasteiger partial charge is 0.478 e. The average molecular weight is 488 g/mol. The van der Waals surface area contributed by atoms with Crippen LogP contribution in [0.3, 0.4) is 0 Å². The highest BCUT2D eigenvalue weighted by molar-refractivity contribution is 5.94. The second kappa shape index (κ2) is 11.0. The fourth-order valence-corrected chi connectivity index (χ4v) is 3.44. The predicted octanol–water partition coefficient (Wildman–Crippen LogP) is 5.32. The van der Waals surface area contributed by atoms with Gasteiger partial charge in [0.05, 0.1) is 16.8 Å². The first-order valence-electron chi connectivity index (χ1n) is 10.9. The molecule has 0 aliphatic rings. The molecule has 36 heavy (non-hydrogen) atoms. The minimum absolute atomic E-state index is 0.00241. The molecule has 4 rings (SSSR count). The summed E-state index contributed by atoms with van der Waals surface area (Å²) in [7, 11) is 0. The van der Waals surface area contributed by atoms with Gasteiger partial charge in [0.15, 0.2) is 5.82 Å². The lowest BCUT2D eigenvalue weighted by Gasteiger charge is -2.07. The number of para-hydroxylation sites is 2. The molecule has 0 bridgehead atoms. The molecule has 0 atom stereocenters. The second-order valence-corrected chi connectivity index (χ2v) is 8.07. The van der Waals surface area contributed by atoms with Crippen LogP contribution in [0, 0.1) is 20.8 Å². The fourth-order valence-electron chi connectivity index (χ4n) is 3.44. The van der Waals surface area contributed by atoms with E-state index in [1.807, 2.05) is 62.4 Å². The molecule has 0 saturated carbocycles. The van der Waals surface area contributed by atoms with E-state index in [9.17, 15) is 19.5 Å². The van der Waals surface area contributed by atoms with Crippen LogP contribution in [0.1, 0.15) is 47.8 Å². The monoisotopic (exact) mass is 487 g/mol.